The lowest BCUT2D eigenvalue weighted by Crippen LogP contribution is -2.30. The highest BCUT2D eigenvalue weighted by atomic mass is 32.2. The maximum Gasteiger partial charge on any atom is 0.242 e. The highest BCUT2D eigenvalue weighted by Crippen LogP contribution is 2.21. The first-order valence-corrected chi connectivity index (χ1v) is 8.72. The fourth-order valence-corrected chi connectivity index (χ4v) is 3.35. The Bertz CT molecular complexity index is 527. The van der Waals surface area contributed by atoms with E-state index in [1.165, 1.54) is 4.31 Å². The van der Waals surface area contributed by atoms with Crippen LogP contribution in [-0.4, -0.2) is 46.6 Å². The predicted molar refractivity (Wildman–Crippen MR) is 84.8 cm³/mol. The Kier molecular flexibility index (Phi) is 7.31. The third-order valence-corrected chi connectivity index (χ3v) is 5.33. The first kappa shape index (κ1) is 18.1. The molecule has 0 heterocycles. The Labute approximate surface area is 128 Å². The second kappa shape index (κ2) is 8.48. The summed E-state index contributed by atoms with van der Waals surface area (Å²) in [5, 5.41) is 3.19. The van der Waals surface area contributed by atoms with Crippen molar-refractivity contribution in [1.82, 2.24) is 9.62 Å². The number of nitrogens with zero attached hydrogens (tertiary/aromatic N) is 1. The molecule has 21 heavy (non-hydrogen) atoms. The zero-order chi connectivity index (χ0) is 15.9. The van der Waals surface area contributed by atoms with Crippen molar-refractivity contribution in [1.29, 1.82) is 0 Å². The van der Waals surface area contributed by atoms with Crippen molar-refractivity contribution >= 4 is 10.0 Å². The molecule has 5 nitrogen and oxygen atoms in total. The van der Waals surface area contributed by atoms with Gasteiger partial charge in [-0.15, -0.1) is 0 Å². The largest absolute Gasteiger partial charge is 0.380 e. The van der Waals surface area contributed by atoms with E-state index < -0.39 is 10.0 Å². The lowest BCUT2D eigenvalue weighted by atomic mass is 10.1. The van der Waals surface area contributed by atoms with Gasteiger partial charge in [0.05, 0.1) is 11.5 Å². The summed E-state index contributed by atoms with van der Waals surface area (Å²) in [4.78, 5) is 0.327. The second-order valence-electron chi connectivity index (χ2n) is 4.85. The molecule has 0 saturated heterocycles. The molecule has 0 fully saturated rings. The van der Waals surface area contributed by atoms with E-state index in [2.05, 4.69) is 12.2 Å². The van der Waals surface area contributed by atoms with Crippen LogP contribution < -0.4 is 5.32 Å². The minimum atomic E-state index is -3.47. The van der Waals surface area contributed by atoms with Gasteiger partial charge in [-0.2, -0.15) is 4.31 Å². The summed E-state index contributed by atoms with van der Waals surface area (Å²) >= 11 is 0. The minimum absolute atomic E-state index is 0.161. The SMILES string of the molecule is CCOCCN(C)S(=O)(=O)c1cccc(C(CC)NC)c1. The third-order valence-electron chi connectivity index (χ3n) is 3.48. The molecular formula is C15H26N2O3S. The molecule has 0 aliphatic heterocycles. The molecule has 0 aromatic heterocycles. The summed E-state index contributed by atoms with van der Waals surface area (Å²) in [6.07, 6.45) is 0.903. The van der Waals surface area contributed by atoms with Gasteiger partial charge < -0.3 is 10.1 Å². The van der Waals surface area contributed by atoms with Gasteiger partial charge in [0.2, 0.25) is 10.0 Å². The summed E-state index contributed by atoms with van der Waals surface area (Å²) in [6.45, 7) is 5.30. The molecule has 1 N–H and O–H groups in total. The van der Waals surface area contributed by atoms with Gasteiger partial charge in [-0.25, -0.2) is 8.42 Å². The fourth-order valence-electron chi connectivity index (χ4n) is 2.14. The number of rotatable bonds is 9. The van der Waals surface area contributed by atoms with Crippen LogP contribution in [0.5, 0.6) is 0 Å². The molecule has 0 aliphatic rings. The number of ether oxygens (including phenoxy) is 1. The summed E-state index contributed by atoms with van der Waals surface area (Å²) in [5.41, 5.74) is 0.985. The summed E-state index contributed by atoms with van der Waals surface area (Å²) in [7, 11) is -0.00806. The second-order valence-corrected chi connectivity index (χ2v) is 6.89. The zero-order valence-electron chi connectivity index (χ0n) is 13.3. The normalized spacial score (nSPS) is 13.6. The Morgan fingerprint density at radius 3 is 2.62 bits per heavy atom. The van der Waals surface area contributed by atoms with E-state index in [0.29, 0.717) is 24.7 Å². The van der Waals surface area contributed by atoms with E-state index in [1.54, 1.807) is 25.2 Å². The van der Waals surface area contributed by atoms with Crippen molar-refractivity contribution < 1.29 is 13.2 Å². The molecule has 0 spiro atoms. The van der Waals surface area contributed by atoms with Gasteiger partial charge in [0.15, 0.2) is 0 Å². The molecule has 120 valence electrons. The summed E-state index contributed by atoms with van der Waals surface area (Å²) in [6, 6.07) is 7.28. The van der Waals surface area contributed by atoms with Crippen LogP contribution in [0.15, 0.2) is 29.2 Å². The molecular weight excluding hydrogens is 288 g/mol. The highest BCUT2D eigenvalue weighted by Gasteiger charge is 2.21. The third kappa shape index (κ3) is 4.78. The van der Waals surface area contributed by atoms with Crippen molar-refractivity contribution in [3.05, 3.63) is 29.8 Å². The average Bonchev–Trinajstić information content (AvgIpc) is 2.49. The van der Waals surface area contributed by atoms with Crippen LogP contribution in [0.25, 0.3) is 0 Å². The van der Waals surface area contributed by atoms with Crippen molar-refractivity contribution in [2.24, 2.45) is 0 Å². The number of sulfonamides is 1. The lowest BCUT2D eigenvalue weighted by molar-refractivity contribution is 0.138. The quantitative estimate of drug-likeness (QED) is 0.709. The maximum absolute atomic E-state index is 12.5. The summed E-state index contributed by atoms with van der Waals surface area (Å²) in [5.74, 6) is 0. The molecule has 0 amide bonds. The monoisotopic (exact) mass is 314 g/mol. The zero-order valence-corrected chi connectivity index (χ0v) is 14.1. The van der Waals surface area contributed by atoms with E-state index in [0.717, 1.165) is 12.0 Å². The van der Waals surface area contributed by atoms with Crippen molar-refractivity contribution in [2.75, 3.05) is 33.9 Å². The van der Waals surface area contributed by atoms with Crippen LogP contribution in [0.1, 0.15) is 31.9 Å². The number of benzene rings is 1. The van der Waals surface area contributed by atoms with Crippen molar-refractivity contribution in [2.45, 2.75) is 31.2 Å². The Balaban J connectivity index is 2.95. The van der Waals surface area contributed by atoms with Gasteiger partial charge in [0, 0.05) is 26.2 Å². The van der Waals surface area contributed by atoms with Gasteiger partial charge in [0.25, 0.3) is 0 Å². The van der Waals surface area contributed by atoms with Gasteiger partial charge in [-0.05, 0) is 38.1 Å². The number of hydrogen-bond acceptors (Lipinski definition) is 4. The average molecular weight is 314 g/mol. The first-order valence-electron chi connectivity index (χ1n) is 7.28. The van der Waals surface area contributed by atoms with Crippen LogP contribution in [0.3, 0.4) is 0 Å². The van der Waals surface area contributed by atoms with Gasteiger partial charge in [-0.1, -0.05) is 19.1 Å². The standard InChI is InChI=1S/C15H26N2O3S/c1-5-15(16-3)13-8-7-9-14(12-13)21(18,19)17(4)10-11-20-6-2/h7-9,12,15-16H,5-6,10-11H2,1-4H3. The topological polar surface area (TPSA) is 58.6 Å². The van der Waals surface area contributed by atoms with E-state index in [9.17, 15) is 8.42 Å². The molecule has 1 atom stereocenters. The molecule has 1 unspecified atom stereocenters. The van der Waals surface area contributed by atoms with E-state index in [1.807, 2.05) is 20.0 Å². The molecule has 0 aliphatic carbocycles. The first-order chi connectivity index (χ1) is 9.97. The van der Waals surface area contributed by atoms with Crippen LogP contribution in [0.4, 0.5) is 0 Å². The maximum atomic E-state index is 12.5. The fraction of sp³-hybridized carbons (Fsp3) is 0.600. The van der Waals surface area contributed by atoms with Crippen LogP contribution in [0, 0.1) is 0 Å². The summed E-state index contributed by atoms with van der Waals surface area (Å²) < 4.78 is 31.6. The van der Waals surface area contributed by atoms with Crippen molar-refractivity contribution in [3.63, 3.8) is 0 Å². The molecule has 0 radical (unpaired) electrons. The predicted octanol–water partition coefficient (Wildman–Crippen LogP) is 2.01. The molecule has 0 saturated carbocycles. The lowest BCUT2D eigenvalue weighted by Gasteiger charge is -2.19. The van der Waals surface area contributed by atoms with Crippen LogP contribution in [0.2, 0.25) is 0 Å². The van der Waals surface area contributed by atoms with Gasteiger partial charge in [-0.3, -0.25) is 0 Å². The number of nitrogens with one attached hydrogen (secondary N) is 1. The van der Waals surface area contributed by atoms with Gasteiger partial charge >= 0.3 is 0 Å². The van der Waals surface area contributed by atoms with Crippen molar-refractivity contribution in [3.8, 4) is 0 Å². The molecule has 1 aromatic rings. The highest BCUT2D eigenvalue weighted by molar-refractivity contribution is 7.89. The number of hydrogen-bond donors (Lipinski definition) is 1. The Morgan fingerprint density at radius 1 is 1.33 bits per heavy atom. The minimum Gasteiger partial charge on any atom is -0.380 e. The van der Waals surface area contributed by atoms with E-state index >= 15 is 0 Å². The number of likely N-dealkylation sites (N-methyl/N-ethyl adjacent to an activating group) is 1. The van der Waals surface area contributed by atoms with Gasteiger partial charge in [0.1, 0.15) is 0 Å². The smallest absolute Gasteiger partial charge is 0.242 e. The van der Waals surface area contributed by atoms with Crippen LogP contribution >= 0.6 is 0 Å². The molecule has 1 aromatic carbocycles. The van der Waals surface area contributed by atoms with E-state index in [4.69, 9.17) is 4.74 Å². The Morgan fingerprint density at radius 2 is 2.05 bits per heavy atom. The molecule has 0 bridgehead atoms. The molecule has 1 rings (SSSR count). The molecule has 6 heteroatoms. The Hall–Kier alpha value is -0.950. The van der Waals surface area contributed by atoms with E-state index in [-0.39, 0.29) is 6.04 Å². The van der Waals surface area contributed by atoms with Crippen LogP contribution in [-0.2, 0) is 14.8 Å².